The summed E-state index contributed by atoms with van der Waals surface area (Å²) in [4.78, 5) is 24.6. The number of nitrogens with one attached hydrogen (secondary N) is 2. The number of rotatable bonds is 4. The highest BCUT2D eigenvalue weighted by molar-refractivity contribution is 5.80. The molecule has 1 rings (SSSR count). The van der Waals surface area contributed by atoms with Gasteiger partial charge in [-0.25, -0.2) is 4.79 Å². The molecule has 7 heteroatoms. The molecule has 2 N–H and O–H groups in total. The lowest BCUT2D eigenvalue weighted by Crippen LogP contribution is -2.52. The Balaban J connectivity index is 2.58. The number of urea groups is 1. The maximum Gasteiger partial charge on any atom is 0.314 e. The van der Waals surface area contributed by atoms with E-state index in [2.05, 4.69) is 30.4 Å². The van der Waals surface area contributed by atoms with E-state index in [-0.39, 0.29) is 18.2 Å². The van der Waals surface area contributed by atoms with Crippen molar-refractivity contribution in [3.8, 4) is 0 Å². The summed E-state index contributed by atoms with van der Waals surface area (Å²) in [5.74, 6) is 0.938. The zero-order valence-electron chi connectivity index (χ0n) is 14.9. The average molecular weight is 322 g/mol. The highest BCUT2D eigenvalue weighted by Gasteiger charge is 2.25. The first-order valence-corrected chi connectivity index (χ1v) is 8.10. The standard InChI is InChI=1S/C16H30N6O/c1-6-7-10-19-13(2)21(5)16(18-4)22-11-8-14(9-12-22)20-15(23)17-3/h6-7,10,13-14H,8-9,11-12H2,1-5H3,(H2,17,20,23)/b7-6-,18-16?,19-10?. The van der Waals surface area contributed by atoms with Gasteiger partial charge in [-0.1, -0.05) is 6.08 Å². The van der Waals surface area contributed by atoms with Gasteiger partial charge in [-0.05, 0) is 32.8 Å². The van der Waals surface area contributed by atoms with E-state index in [0.717, 1.165) is 31.9 Å². The lowest BCUT2D eigenvalue weighted by molar-refractivity contribution is 0.221. The Morgan fingerprint density at radius 1 is 1.39 bits per heavy atom. The predicted molar refractivity (Wildman–Crippen MR) is 96.1 cm³/mol. The van der Waals surface area contributed by atoms with Gasteiger partial charge >= 0.3 is 6.03 Å². The topological polar surface area (TPSA) is 72.3 Å². The van der Waals surface area contributed by atoms with Crippen LogP contribution in [0.5, 0.6) is 0 Å². The molecule has 1 heterocycles. The maximum atomic E-state index is 11.4. The molecule has 1 fully saturated rings. The first-order chi connectivity index (χ1) is 11.0. The van der Waals surface area contributed by atoms with E-state index < -0.39 is 0 Å². The number of carbonyl (C=O) groups excluding carboxylic acids is 1. The number of allylic oxidation sites excluding steroid dienone is 2. The van der Waals surface area contributed by atoms with Gasteiger partial charge in [0.1, 0.15) is 6.17 Å². The van der Waals surface area contributed by atoms with Crippen LogP contribution in [0.3, 0.4) is 0 Å². The summed E-state index contributed by atoms with van der Waals surface area (Å²) in [5, 5.41) is 5.57. The molecule has 2 amide bonds. The van der Waals surface area contributed by atoms with Gasteiger partial charge in [-0.2, -0.15) is 0 Å². The summed E-state index contributed by atoms with van der Waals surface area (Å²) < 4.78 is 0. The number of guanidine groups is 1. The van der Waals surface area contributed by atoms with Crippen molar-refractivity contribution >= 4 is 18.2 Å². The zero-order valence-corrected chi connectivity index (χ0v) is 14.9. The normalized spacial score (nSPS) is 18.5. The number of carbonyl (C=O) groups is 1. The lowest BCUT2D eigenvalue weighted by atomic mass is 10.1. The quantitative estimate of drug-likeness (QED) is 0.605. The van der Waals surface area contributed by atoms with Crippen molar-refractivity contribution in [1.82, 2.24) is 20.4 Å². The Bertz CT molecular complexity index is 451. The third-order valence-corrected chi connectivity index (χ3v) is 4.00. The highest BCUT2D eigenvalue weighted by Crippen LogP contribution is 2.13. The Kier molecular flexibility index (Phi) is 8.15. The summed E-state index contributed by atoms with van der Waals surface area (Å²) in [5.41, 5.74) is 0. The fraction of sp³-hybridized carbons (Fsp3) is 0.688. The van der Waals surface area contributed by atoms with E-state index >= 15 is 0 Å². The Morgan fingerprint density at radius 2 is 2.04 bits per heavy atom. The predicted octanol–water partition coefficient (Wildman–Crippen LogP) is 1.29. The van der Waals surface area contributed by atoms with Gasteiger partial charge in [0.2, 0.25) is 0 Å². The van der Waals surface area contributed by atoms with Gasteiger partial charge in [0.15, 0.2) is 5.96 Å². The second-order valence-corrected chi connectivity index (χ2v) is 5.58. The molecule has 0 saturated carbocycles. The van der Waals surface area contributed by atoms with Gasteiger partial charge in [0, 0.05) is 46.5 Å². The zero-order chi connectivity index (χ0) is 17.2. The van der Waals surface area contributed by atoms with Crippen molar-refractivity contribution < 1.29 is 4.79 Å². The fourth-order valence-electron chi connectivity index (χ4n) is 2.53. The molecule has 0 bridgehead atoms. The SMILES string of the molecule is C/C=C\C=NC(C)N(C)C(=NC)N1CCC(NC(=O)NC)CC1. The summed E-state index contributed by atoms with van der Waals surface area (Å²) in [6.45, 7) is 5.76. The Morgan fingerprint density at radius 3 is 2.57 bits per heavy atom. The molecule has 0 radical (unpaired) electrons. The third kappa shape index (κ3) is 5.92. The molecule has 7 nitrogen and oxygen atoms in total. The van der Waals surface area contributed by atoms with Crippen LogP contribution in [0.15, 0.2) is 22.1 Å². The van der Waals surface area contributed by atoms with E-state index in [1.807, 2.05) is 46.3 Å². The van der Waals surface area contributed by atoms with Crippen molar-refractivity contribution in [2.45, 2.75) is 38.9 Å². The van der Waals surface area contributed by atoms with Gasteiger partial charge in [-0.15, -0.1) is 0 Å². The molecule has 1 aliphatic rings. The average Bonchev–Trinajstić information content (AvgIpc) is 2.56. The minimum atomic E-state index is -0.114. The molecule has 1 saturated heterocycles. The molecule has 0 aromatic carbocycles. The molecule has 1 unspecified atom stereocenters. The smallest absolute Gasteiger partial charge is 0.314 e. The first kappa shape index (κ1) is 19.0. The van der Waals surface area contributed by atoms with Crippen LogP contribution >= 0.6 is 0 Å². The van der Waals surface area contributed by atoms with E-state index in [4.69, 9.17) is 0 Å². The molecule has 130 valence electrons. The molecule has 0 aromatic heterocycles. The minimum Gasteiger partial charge on any atom is -0.343 e. The molecule has 0 aliphatic carbocycles. The summed E-state index contributed by atoms with van der Waals surface area (Å²) in [6.07, 6.45) is 7.53. The van der Waals surface area contributed by atoms with Crippen molar-refractivity contribution in [2.75, 3.05) is 34.2 Å². The largest absolute Gasteiger partial charge is 0.343 e. The first-order valence-electron chi connectivity index (χ1n) is 8.10. The van der Waals surface area contributed by atoms with Gasteiger partial charge < -0.3 is 20.4 Å². The molecule has 0 aromatic rings. The van der Waals surface area contributed by atoms with Crippen molar-refractivity contribution in [3.63, 3.8) is 0 Å². The Hall–Kier alpha value is -2.05. The number of piperidine rings is 1. The number of hydrogen-bond donors (Lipinski definition) is 2. The number of likely N-dealkylation sites (tertiary alicyclic amines) is 1. The molecule has 1 aliphatic heterocycles. The van der Waals surface area contributed by atoms with E-state index in [0.29, 0.717) is 0 Å². The maximum absolute atomic E-state index is 11.4. The van der Waals surface area contributed by atoms with Crippen LogP contribution in [0.2, 0.25) is 0 Å². The summed E-state index contributed by atoms with van der Waals surface area (Å²) in [6, 6.07) is 0.108. The fourth-order valence-corrected chi connectivity index (χ4v) is 2.53. The van der Waals surface area contributed by atoms with Crippen LogP contribution in [0.4, 0.5) is 4.79 Å². The lowest BCUT2D eigenvalue weighted by Gasteiger charge is -2.38. The number of nitrogens with zero attached hydrogens (tertiary/aromatic N) is 4. The van der Waals surface area contributed by atoms with Gasteiger partial charge in [0.25, 0.3) is 0 Å². The van der Waals surface area contributed by atoms with E-state index in [1.54, 1.807) is 7.05 Å². The van der Waals surface area contributed by atoms with Gasteiger partial charge in [-0.3, -0.25) is 9.98 Å². The van der Waals surface area contributed by atoms with Crippen LogP contribution in [-0.2, 0) is 0 Å². The number of aliphatic imine (C=N–C) groups is 2. The van der Waals surface area contributed by atoms with Crippen LogP contribution < -0.4 is 10.6 Å². The van der Waals surface area contributed by atoms with Crippen LogP contribution in [-0.4, -0.2) is 74.4 Å². The minimum absolute atomic E-state index is 0.0200. The number of amides is 2. The van der Waals surface area contributed by atoms with Crippen LogP contribution in [0.25, 0.3) is 0 Å². The highest BCUT2D eigenvalue weighted by atomic mass is 16.2. The third-order valence-electron chi connectivity index (χ3n) is 4.00. The summed E-state index contributed by atoms with van der Waals surface area (Å²) in [7, 11) is 5.45. The second kappa shape index (κ2) is 9.86. The van der Waals surface area contributed by atoms with Crippen molar-refractivity contribution in [2.24, 2.45) is 9.98 Å². The summed E-state index contributed by atoms with van der Waals surface area (Å²) >= 11 is 0. The molecular weight excluding hydrogens is 292 g/mol. The van der Waals surface area contributed by atoms with Crippen LogP contribution in [0.1, 0.15) is 26.7 Å². The second-order valence-electron chi connectivity index (χ2n) is 5.58. The Labute approximate surface area is 139 Å². The number of hydrogen-bond acceptors (Lipinski definition) is 3. The van der Waals surface area contributed by atoms with Crippen molar-refractivity contribution in [1.29, 1.82) is 0 Å². The van der Waals surface area contributed by atoms with Gasteiger partial charge in [0.05, 0.1) is 0 Å². The molecule has 1 atom stereocenters. The van der Waals surface area contributed by atoms with E-state index in [9.17, 15) is 4.79 Å². The monoisotopic (exact) mass is 322 g/mol. The van der Waals surface area contributed by atoms with E-state index in [1.165, 1.54) is 0 Å². The molecule has 0 spiro atoms. The van der Waals surface area contributed by atoms with Crippen molar-refractivity contribution in [3.05, 3.63) is 12.2 Å². The van der Waals surface area contributed by atoms with Crippen LogP contribution in [0, 0.1) is 0 Å². The molecule has 23 heavy (non-hydrogen) atoms. The molecular formula is C16H30N6O.